The lowest BCUT2D eigenvalue weighted by Crippen LogP contribution is -2.22. The van der Waals surface area contributed by atoms with Crippen LogP contribution in [0.5, 0.6) is 0 Å². The molecule has 20 heavy (non-hydrogen) atoms. The molecule has 0 radical (unpaired) electrons. The molecule has 1 unspecified atom stereocenters. The Morgan fingerprint density at radius 2 is 2.10 bits per heavy atom. The molecule has 3 rings (SSSR count). The van der Waals surface area contributed by atoms with E-state index >= 15 is 0 Å². The van der Waals surface area contributed by atoms with E-state index in [1.54, 1.807) is 0 Å². The Labute approximate surface area is 118 Å². The summed E-state index contributed by atoms with van der Waals surface area (Å²) in [5.41, 5.74) is 5.77. The molecular formula is C13H22N6O. The van der Waals surface area contributed by atoms with E-state index in [0.29, 0.717) is 17.8 Å². The number of nitrogens with one attached hydrogen (secondary N) is 1. The summed E-state index contributed by atoms with van der Waals surface area (Å²) in [5, 5.41) is 3.25. The summed E-state index contributed by atoms with van der Waals surface area (Å²) in [4.78, 5) is 15.0. The summed E-state index contributed by atoms with van der Waals surface area (Å²) in [6.45, 7) is 4.62. The molecule has 7 heteroatoms. The van der Waals surface area contributed by atoms with Crippen molar-refractivity contribution in [1.82, 2.24) is 15.0 Å². The molecule has 1 aromatic heterocycles. The van der Waals surface area contributed by atoms with E-state index in [4.69, 9.17) is 10.5 Å². The van der Waals surface area contributed by atoms with Crippen LogP contribution in [0.4, 0.5) is 17.8 Å². The Hall–Kier alpha value is -1.63. The molecule has 7 nitrogen and oxygen atoms in total. The Balaban J connectivity index is 1.57. The van der Waals surface area contributed by atoms with Crippen LogP contribution in [0.2, 0.25) is 0 Å². The first-order valence-corrected chi connectivity index (χ1v) is 7.39. The quantitative estimate of drug-likeness (QED) is 0.826. The predicted octanol–water partition coefficient (Wildman–Crippen LogP) is 0.892. The second-order valence-electron chi connectivity index (χ2n) is 5.46. The highest BCUT2D eigenvalue weighted by Crippen LogP contribution is 2.19. The third-order valence-corrected chi connectivity index (χ3v) is 3.89. The predicted molar refractivity (Wildman–Crippen MR) is 77.7 cm³/mol. The molecule has 0 aromatic carbocycles. The molecule has 0 bridgehead atoms. The minimum atomic E-state index is 0.286. The second kappa shape index (κ2) is 6.21. The largest absolute Gasteiger partial charge is 0.381 e. The molecule has 3 N–H and O–H groups in total. The van der Waals surface area contributed by atoms with Gasteiger partial charge in [-0.15, -0.1) is 0 Å². The van der Waals surface area contributed by atoms with E-state index in [-0.39, 0.29) is 5.95 Å². The van der Waals surface area contributed by atoms with Crippen LogP contribution in [0.1, 0.15) is 25.7 Å². The van der Waals surface area contributed by atoms with E-state index in [2.05, 4.69) is 25.2 Å². The number of anilines is 3. The topological polar surface area (TPSA) is 89.2 Å². The zero-order chi connectivity index (χ0) is 13.8. The minimum Gasteiger partial charge on any atom is -0.381 e. The van der Waals surface area contributed by atoms with E-state index < -0.39 is 0 Å². The van der Waals surface area contributed by atoms with Gasteiger partial charge in [0.1, 0.15) is 0 Å². The molecule has 0 spiro atoms. The first-order chi connectivity index (χ1) is 9.81. The number of nitrogen functional groups attached to an aromatic ring is 1. The number of hydrogen-bond acceptors (Lipinski definition) is 7. The van der Waals surface area contributed by atoms with Gasteiger partial charge < -0.3 is 20.7 Å². The van der Waals surface area contributed by atoms with Gasteiger partial charge in [-0.1, -0.05) is 0 Å². The molecule has 1 aromatic rings. The van der Waals surface area contributed by atoms with Crippen molar-refractivity contribution in [1.29, 1.82) is 0 Å². The standard InChI is InChI=1S/C13H22N6O/c14-11-16-12(15-5-3-10-4-8-20-9-10)18-13(17-11)19-6-1-2-7-19/h10H,1-9H2,(H3,14,15,16,17,18). The highest BCUT2D eigenvalue weighted by Gasteiger charge is 2.17. The van der Waals surface area contributed by atoms with Crippen LogP contribution < -0.4 is 16.0 Å². The van der Waals surface area contributed by atoms with Crippen molar-refractivity contribution in [3.05, 3.63) is 0 Å². The number of rotatable bonds is 5. The van der Waals surface area contributed by atoms with Crippen LogP contribution in [0.3, 0.4) is 0 Å². The van der Waals surface area contributed by atoms with Crippen molar-refractivity contribution in [2.45, 2.75) is 25.7 Å². The van der Waals surface area contributed by atoms with Crippen LogP contribution in [0.25, 0.3) is 0 Å². The fourth-order valence-electron chi connectivity index (χ4n) is 2.72. The maximum Gasteiger partial charge on any atom is 0.231 e. The van der Waals surface area contributed by atoms with Crippen molar-refractivity contribution in [3.63, 3.8) is 0 Å². The normalized spacial score (nSPS) is 22.4. The lowest BCUT2D eigenvalue weighted by Gasteiger charge is -2.16. The number of nitrogens with two attached hydrogens (primary N) is 1. The van der Waals surface area contributed by atoms with Crippen LogP contribution >= 0.6 is 0 Å². The van der Waals surface area contributed by atoms with Gasteiger partial charge >= 0.3 is 0 Å². The van der Waals surface area contributed by atoms with Gasteiger partial charge in [-0.05, 0) is 31.6 Å². The Kier molecular flexibility index (Phi) is 4.15. The zero-order valence-electron chi connectivity index (χ0n) is 11.7. The van der Waals surface area contributed by atoms with Crippen LogP contribution in [-0.2, 0) is 4.74 Å². The Bertz CT molecular complexity index is 442. The summed E-state index contributed by atoms with van der Waals surface area (Å²) < 4.78 is 5.37. The van der Waals surface area contributed by atoms with Crippen LogP contribution in [-0.4, -0.2) is 47.8 Å². The van der Waals surface area contributed by atoms with Gasteiger partial charge in [0.05, 0.1) is 0 Å². The molecule has 2 aliphatic heterocycles. The van der Waals surface area contributed by atoms with Gasteiger partial charge in [0.2, 0.25) is 17.8 Å². The van der Waals surface area contributed by atoms with E-state index in [1.807, 2.05) is 0 Å². The van der Waals surface area contributed by atoms with Crippen molar-refractivity contribution in [2.75, 3.05) is 48.8 Å². The molecule has 2 aliphatic rings. The van der Waals surface area contributed by atoms with Gasteiger partial charge in [0, 0.05) is 32.8 Å². The first kappa shape index (κ1) is 13.4. The molecule has 3 heterocycles. The number of hydrogen-bond donors (Lipinski definition) is 2. The summed E-state index contributed by atoms with van der Waals surface area (Å²) >= 11 is 0. The second-order valence-corrected chi connectivity index (χ2v) is 5.46. The van der Waals surface area contributed by atoms with E-state index in [9.17, 15) is 0 Å². The number of aromatic nitrogens is 3. The molecule has 110 valence electrons. The molecule has 2 saturated heterocycles. The maximum absolute atomic E-state index is 5.77. The molecule has 0 amide bonds. The molecule has 1 atom stereocenters. The average molecular weight is 278 g/mol. The number of ether oxygens (including phenoxy) is 1. The monoisotopic (exact) mass is 278 g/mol. The summed E-state index contributed by atoms with van der Waals surface area (Å²) in [5.74, 6) is 2.22. The molecule has 0 aliphatic carbocycles. The molecule has 0 saturated carbocycles. The average Bonchev–Trinajstić information content (AvgIpc) is 3.11. The first-order valence-electron chi connectivity index (χ1n) is 7.39. The smallest absolute Gasteiger partial charge is 0.231 e. The van der Waals surface area contributed by atoms with Gasteiger partial charge in [-0.3, -0.25) is 0 Å². The van der Waals surface area contributed by atoms with Gasteiger partial charge in [-0.25, -0.2) is 0 Å². The summed E-state index contributed by atoms with van der Waals surface area (Å²) in [7, 11) is 0. The van der Waals surface area contributed by atoms with Crippen molar-refractivity contribution < 1.29 is 4.74 Å². The lowest BCUT2D eigenvalue weighted by molar-refractivity contribution is 0.185. The van der Waals surface area contributed by atoms with E-state index in [1.165, 1.54) is 12.8 Å². The van der Waals surface area contributed by atoms with Gasteiger partial charge in [0.25, 0.3) is 0 Å². The fourth-order valence-corrected chi connectivity index (χ4v) is 2.72. The Morgan fingerprint density at radius 1 is 1.25 bits per heavy atom. The minimum absolute atomic E-state index is 0.286. The number of nitrogens with zero attached hydrogens (tertiary/aromatic N) is 4. The maximum atomic E-state index is 5.77. The third kappa shape index (κ3) is 3.27. The van der Waals surface area contributed by atoms with E-state index in [0.717, 1.165) is 45.7 Å². The SMILES string of the molecule is Nc1nc(NCCC2CCOC2)nc(N2CCCC2)n1. The third-order valence-electron chi connectivity index (χ3n) is 3.89. The van der Waals surface area contributed by atoms with Gasteiger partial charge in [-0.2, -0.15) is 15.0 Å². The lowest BCUT2D eigenvalue weighted by atomic mass is 10.1. The highest BCUT2D eigenvalue weighted by molar-refractivity contribution is 5.42. The van der Waals surface area contributed by atoms with Crippen molar-refractivity contribution in [3.8, 4) is 0 Å². The van der Waals surface area contributed by atoms with Crippen LogP contribution in [0, 0.1) is 5.92 Å². The fraction of sp³-hybridized carbons (Fsp3) is 0.769. The molecular weight excluding hydrogens is 256 g/mol. The zero-order valence-corrected chi connectivity index (χ0v) is 11.7. The van der Waals surface area contributed by atoms with Crippen molar-refractivity contribution in [2.24, 2.45) is 5.92 Å². The molecule has 2 fully saturated rings. The highest BCUT2D eigenvalue weighted by atomic mass is 16.5. The summed E-state index contributed by atoms with van der Waals surface area (Å²) in [6.07, 6.45) is 4.61. The van der Waals surface area contributed by atoms with Crippen LogP contribution in [0.15, 0.2) is 0 Å². The van der Waals surface area contributed by atoms with Crippen molar-refractivity contribution >= 4 is 17.8 Å². The van der Waals surface area contributed by atoms with Gasteiger partial charge in [0.15, 0.2) is 0 Å². The summed E-state index contributed by atoms with van der Waals surface area (Å²) in [6, 6.07) is 0. The Morgan fingerprint density at radius 3 is 2.85 bits per heavy atom.